The van der Waals surface area contributed by atoms with Gasteiger partial charge in [-0.1, -0.05) is 12.1 Å². The third-order valence-corrected chi connectivity index (χ3v) is 2.88. The van der Waals surface area contributed by atoms with Crippen molar-refractivity contribution >= 4 is 5.97 Å². The first kappa shape index (κ1) is 17.5. The van der Waals surface area contributed by atoms with E-state index in [0.717, 1.165) is 18.7 Å². The molecule has 0 unspecified atom stereocenters. The molecule has 0 radical (unpaired) electrons. The monoisotopic (exact) mass is 295 g/mol. The minimum Gasteiger partial charge on any atom is -0.476 e. The number of hydrogen-bond donors (Lipinski definition) is 1. The molecule has 0 aliphatic rings. The molecule has 0 aliphatic heterocycles. The summed E-state index contributed by atoms with van der Waals surface area (Å²) < 4.78 is 15.7. The first-order valence-corrected chi connectivity index (χ1v) is 7.14. The van der Waals surface area contributed by atoms with Crippen LogP contribution in [-0.2, 0) is 20.8 Å². The summed E-state index contributed by atoms with van der Waals surface area (Å²) in [4.78, 5) is 11.8. The predicted octanol–water partition coefficient (Wildman–Crippen LogP) is 2.14. The second-order valence-corrected chi connectivity index (χ2v) is 5.15. The van der Waals surface area contributed by atoms with Crippen LogP contribution in [0.1, 0.15) is 26.3 Å². The molecule has 0 heterocycles. The zero-order valence-electron chi connectivity index (χ0n) is 13.3. The van der Waals surface area contributed by atoms with Gasteiger partial charge in [0, 0.05) is 20.2 Å². The third kappa shape index (κ3) is 6.14. The molecule has 0 atom stereocenters. The molecule has 1 aromatic carbocycles. The summed E-state index contributed by atoms with van der Waals surface area (Å²) in [5.41, 5.74) is 0.154. The van der Waals surface area contributed by atoms with Gasteiger partial charge < -0.3 is 19.5 Å². The van der Waals surface area contributed by atoms with E-state index in [0.29, 0.717) is 19.0 Å². The molecule has 21 heavy (non-hydrogen) atoms. The van der Waals surface area contributed by atoms with Crippen molar-refractivity contribution in [3.63, 3.8) is 0 Å². The summed E-state index contributed by atoms with van der Waals surface area (Å²) in [7, 11) is 1.68. The Kier molecular flexibility index (Phi) is 7.19. The van der Waals surface area contributed by atoms with Crippen molar-refractivity contribution in [2.75, 3.05) is 26.9 Å². The Bertz CT molecular complexity index is 428. The normalized spacial score (nSPS) is 11.2. The summed E-state index contributed by atoms with van der Waals surface area (Å²) in [5.74, 6) is 0.281. The molecule has 5 heteroatoms. The molecular weight excluding hydrogens is 270 g/mol. The highest BCUT2D eigenvalue weighted by molar-refractivity contribution is 5.79. The highest BCUT2D eigenvalue weighted by Crippen LogP contribution is 2.20. The van der Waals surface area contributed by atoms with Crippen molar-refractivity contribution in [2.45, 2.75) is 32.9 Å². The molecule has 0 saturated carbocycles. The number of methoxy groups -OCH3 is 1. The average Bonchev–Trinajstić information content (AvgIpc) is 2.45. The van der Waals surface area contributed by atoms with E-state index in [9.17, 15) is 4.79 Å². The van der Waals surface area contributed by atoms with Crippen LogP contribution in [-0.4, -0.2) is 38.4 Å². The van der Waals surface area contributed by atoms with E-state index in [1.165, 1.54) is 0 Å². The fourth-order valence-corrected chi connectivity index (χ4v) is 1.72. The molecule has 1 N–H and O–H groups in total. The van der Waals surface area contributed by atoms with Gasteiger partial charge in [0.25, 0.3) is 0 Å². The standard InChI is InChI=1S/C16H25NO4/c1-5-20-15(18)16(2,3)21-14-8-6-13(7-9-14)12-17-10-11-19-4/h6-9,17H,5,10-12H2,1-4H3. The van der Waals surface area contributed by atoms with Gasteiger partial charge in [-0.3, -0.25) is 0 Å². The predicted molar refractivity (Wildman–Crippen MR) is 81.4 cm³/mol. The number of esters is 1. The average molecular weight is 295 g/mol. The summed E-state index contributed by atoms with van der Waals surface area (Å²) in [6, 6.07) is 7.65. The first-order valence-electron chi connectivity index (χ1n) is 7.14. The summed E-state index contributed by atoms with van der Waals surface area (Å²) in [6.07, 6.45) is 0. The maximum atomic E-state index is 11.8. The molecule has 1 aromatic rings. The lowest BCUT2D eigenvalue weighted by Crippen LogP contribution is -2.39. The van der Waals surface area contributed by atoms with Gasteiger partial charge in [-0.15, -0.1) is 0 Å². The molecule has 0 fully saturated rings. The molecule has 0 spiro atoms. The van der Waals surface area contributed by atoms with E-state index >= 15 is 0 Å². The summed E-state index contributed by atoms with van der Waals surface area (Å²) in [6.45, 7) is 7.79. The van der Waals surface area contributed by atoms with E-state index < -0.39 is 5.60 Å². The van der Waals surface area contributed by atoms with E-state index in [-0.39, 0.29) is 5.97 Å². The Hall–Kier alpha value is -1.59. The van der Waals surface area contributed by atoms with Gasteiger partial charge in [-0.2, -0.15) is 0 Å². The van der Waals surface area contributed by atoms with Gasteiger partial charge in [-0.05, 0) is 38.5 Å². The fourth-order valence-electron chi connectivity index (χ4n) is 1.72. The third-order valence-electron chi connectivity index (χ3n) is 2.88. The largest absolute Gasteiger partial charge is 0.476 e. The Morgan fingerprint density at radius 3 is 2.48 bits per heavy atom. The van der Waals surface area contributed by atoms with Crippen LogP contribution >= 0.6 is 0 Å². The summed E-state index contributed by atoms with van der Waals surface area (Å²) >= 11 is 0. The van der Waals surface area contributed by atoms with E-state index in [4.69, 9.17) is 14.2 Å². The molecule has 5 nitrogen and oxygen atoms in total. The minimum atomic E-state index is -0.992. The summed E-state index contributed by atoms with van der Waals surface area (Å²) in [5, 5.41) is 3.27. The molecule has 0 aromatic heterocycles. The van der Waals surface area contributed by atoms with Gasteiger partial charge in [0.15, 0.2) is 5.60 Å². The lowest BCUT2D eigenvalue weighted by atomic mass is 10.1. The van der Waals surface area contributed by atoms with Crippen LogP contribution in [0.25, 0.3) is 0 Å². The van der Waals surface area contributed by atoms with Crippen molar-refractivity contribution in [2.24, 2.45) is 0 Å². The maximum absolute atomic E-state index is 11.8. The van der Waals surface area contributed by atoms with Crippen LogP contribution in [0.2, 0.25) is 0 Å². The lowest BCUT2D eigenvalue weighted by molar-refractivity contribution is -0.158. The van der Waals surface area contributed by atoms with Crippen LogP contribution in [0.15, 0.2) is 24.3 Å². The van der Waals surface area contributed by atoms with Gasteiger partial charge in [0.1, 0.15) is 5.75 Å². The molecule has 1 rings (SSSR count). The maximum Gasteiger partial charge on any atom is 0.349 e. The Morgan fingerprint density at radius 2 is 1.90 bits per heavy atom. The highest BCUT2D eigenvalue weighted by Gasteiger charge is 2.31. The van der Waals surface area contributed by atoms with Crippen LogP contribution in [0, 0.1) is 0 Å². The lowest BCUT2D eigenvalue weighted by Gasteiger charge is -2.24. The molecule has 0 aliphatic carbocycles. The number of carbonyl (C=O) groups excluding carboxylic acids is 1. The number of carbonyl (C=O) groups is 1. The van der Waals surface area contributed by atoms with Crippen molar-refractivity contribution in [3.8, 4) is 5.75 Å². The molecule has 0 saturated heterocycles. The first-order chi connectivity index (χ1) is 9.99. The van der Waals surface area contributed by atoms with E-state index in [1.54, 1.807) is 27.9 Å². The number of rotatable bonds is 9. The van der Waals surface area contributed by atoms with Crippen LogP contribution < -0.4 is 10.1 Å². The van der Waals surface area contributed by atoms with Crippen molar-refractivity contribution in [3.05, 3.63) is 29.8 Å². The molecular formula is C16H25NO4. The highest BCUT2D eigenvalue weighted by atomic mass is 16.6. The smallest absolute Gasteiger partial charge is 0.349 e. The Morgan fingerprint density at radius 1 is 1.24 bits per heavy atom. The number of ether oxygens (including phenoxy) is 3. The van der Waals surface area contributed by atoms with Crippen molar-refractivity contribution < 1.29 is 19.0 Å². The minimum absolute atomic E-state index is 0.345. The number of hydrogen-bond acceptors (Lipinski definition) is 5. The van der Waals surface area contributed by atoms with Gasteiger partial charge in [-0.25, -0.2) is 4.79 Å². The van der Waals surface area contributed by atoms with Crippen LogP contribution in [0.5, 0.6) is 5.75 Å². The van der Waals surface area contributed by atoms with Crippen molar-refractivity contribution in [1.82, 2.24) is 5.32 Å². The van der Waals surface area contributed by atoms with Crippen molar-refractivity contribution in [1.29, 1.82) is 0 Å². The van der Waals surface area contributed by atoms with Gasteiger partial charge >= 0.3 is 5.97 Å². The second-order valence-electron chi connectivity index (χ2n) is 5.15. The topological polar surface area (TPSA) is 56.8 Å². The zero-order valence-corrected chi connectivity index (χ0v) is 13.3. The molecule has 0 amide bonds. The van der Waals surface area contributed by atoms with Crippen LogP contribution in [0.4, 0.5) is 0 Å². The molecule has 0 bridgehead atoms. The van der Waals surface area contributed by atoms with Crippen LogP contribution in [0.3, 0.4) is 0 Å². The second kappa shape index (κ2) is 8.64. The van der Waals surface area contributed by atoms with Gasteiger partial charge in [0.05, 0.1) is 13.2 Å². The molecule has 118 valence electrons. The number of benzene rings is 1. The fraction of sp³-hybridized carbons (Fsp3) is 0.562. The quantitative estimate of drug-likeness (QED) is 0.559. The van der Waals surface area contributed by atoms with E-state index in [2.05, 4.69) is 5.32 Å². The Balaban J connectivity index is 2.52. The van der Waals surface area contributed by atoms with Gasteiger partial charge in [0.2, 0.25) is 0 Å². The number of nitrogens with one attached hydrogen (secondary N) is 1. The van der Waals surface area contributed by atoms with E-state index in [1.807, 2.05) is 24.3 Å². The Labute approximate surface area is 126 Å². The SMILES string of the molecule is CCOC(=O)C(C)(C)Oc1ccc(CNCCOC)cc1. The zero-order chi connectivity index (χ0) is 15.7.